The fourth-order valence-electron chi connectivity index (χ4n) is 2.13. The number of hydrogen-bond donors (Lipinski definition) is 1. The van der Waals surface area contributed by atoms with Crippen LogP contribution in [0.4, 0.5) is 18.9 Å². The van der Waals surface area contributed by atoms with Crippen molar-refractivity contribution in [1.29, 1.82) is 5.26 Å². The molecule has 6 nitrogen and oxygen atoms in total. The number of alkyl halides is 3. The van der Waals surface area contributed by atoms with Crippen molar-refractivity contribution in [3.63, 3.8) is 0 Å². The fourth-order valence-corrected chi connectivity index (χ4v) is 2.13. The summed E-state index contributed by atoms with van der Waals surface area (Å²) in [6, 6.07) is 13.1. The van der Waals surface area contributed by atoms with Gasteiger partial charge in [0.25, 0.3) is 0 Å². The SMILES string of the molecule is COc1cc(C#N)ccc1Oc1ccc(NC(=O)CCOCC(F)(F)F)cc1. The van der Waals surface area contributed by atoms with Gasteiger partial charge in [-0.2, -0.15) is 18.4 Å². The predicted octanol–water partition coefficient (Wildman–Crippen LogP) is 4.27. The highest BCUT2D eigenvalue weighted by molar-refractivity contribution is 5.90. The van der Waals surface area contributed by atoms with Crippen molar-refractivity contribution in [2.75, 3.05) is 25.6 Å². The van der Waals surface area contributed by atoms with Gasteiger partial charge in [0.05, 0.1) is 31.8 Å². The van der Waals surface area contributed by atoms with Crippen molar-refractivity contribution < 1.29 is 32.2 Å². The summed E-state index contributed by atoms with van der Waals surface area (Å²) in [5, 5.41) is 11.5. The number of halogens is 3. The smallest absolute Gasteiger partial charge is 0.411 e. The second-order valence-electron chi connectivity index (χ2n) is 5.57. The standard InChI is InChI=1S/C19H17F3N2O4/c1-26-17-10-13(11-23)2-7-16(17)28-15-5-3-14(4-6-15)24-18(25)8-9-27-12-19(20,21)22/h2-7,10H,8-9,12H2,1H3,(H,24,25). The van der Waals surface area contributed by atoms with Crippen LogP contribution in [0, 0.1) is 11.3 Å². The van der Waals surface area contributed by atoms with Crippen LogP contribution in [0.1, 0.15) is 12.0 Å². The minimum atomic E-state index is -4.41. The van der Waals surface area contributed by atoms with E-state index in [1.807, 2.05) is 6.07 Å². The van der Waals surface area contributed by atoms with Gasteiger partial charge in [-0.1, -0.05) is 0 Å². The van der Waals surface area contributed by atoms with E-state index in [9.17, 15) is 18.0 Å². The highest BCUT2D eigenvalue weighted by Gasteiger charge is 2.27. The van der Waals surface area contributed by atoms with Gasteiger partial charge in [0.2, 0.25) is 5.91 Å². The van der Waals surface area contributed by atoms with E-state index in [4.69, 9.17) is 14.7 Å². The van der Waals surface area contributed by atoms with Gasteiger partial charge in [0, 0.05) is 11.8 Å². The van der Waals surface area contributed by atoms with Crippen LogP contribution in [-0.4, -0.2) is 32.4 Å². The maximum absolute atomic E-state index is 11.9. The normalized spacial score (nSPS) is 10.8. The Kier molecular flexibility index (Phi) is 7.23. The summed E-state index contributed by atoms with van der Waals surface area (Å²) in [4.78, 5) is 11.7. The molecule has 148 valence electrons. The zero-order valence-corrected chi connectivity index (χ0v) is 14.9. The van der Waals surface area contributed by atoms with Crippen LogP contribution in [0.2, 0.25) is 0 Å². The molecule has 0 spiro atoms. The number of benzene rings is 2. The highest BCUT2D eigenvalue weighted by Crippen LogP contribution is 2.32. The van der Waals surface area contributed by atoms with Crippen LogP contribution in [-0.2, 0) is 9.53 Å². The van der Waals surface area contributed by atoms with Crippen molar-refractivity contribution in [3.8, 4) is 23.3 Å². The molecule has 0 aliphatic heterocycles. The lowest BCUT2D eigenvalue weighted by Gasteiger charge is -2.11. The Labute approximate surface area is 159 Å². The molecule has 2 aromatic rings. The Balaban J connectivity index is 1.88. The van der Waals surface area contributed by atoms with Crippen molar-refractivity contribution in [1.82, 2.24) is 0 Å². The molecule has 0 bridgehead atoms. The van der Waals surface area contributed by atoms with Crippen LogP contribution >= 0.6 is 0 Å². The van der Waals surface area contributed by atoms with Crippen LogP contribution < -0.4 is 14.8 Å². The summed E-state index contributed by atoms with van der Waals surface area (Å²) in [5.41, 5.74) is 0.890. The fraction of sp³-hybridized carbons (Fsp3) is 0.263. The first-order chi connectivity index (χ1) is 13.3. The van der Waals surface area contributed by atoms with Gasteiger partial charge >= 0.3 is 6.18 Å². The highest BCUT2D eigenvalue weighted by atomic mass is 19.4. The first-order valence-electron chi connectivity index (χ1n) is 8.11. The Morgan fingerprint density at radius 3 is 2.46 bits per heavy atom. The van der Waals surface area contributed by atoms with Crippen LogP contribution in [0.3, 0.4) is 0 Å². The van der Waals surface area contributed by atoms with Gasteiger partial charge in [-0.15, -0.1) is 0 Å². The minimum absolute atomic E-state index is 0.198. The molecule has 9 heteroatoms. The number of hydrogen-bond acceptors (Lipinski definition) is 5. The molecule has 2 aromatic carbocycles. The number of methoxy groups -OCH3 is 1. The van der Waals surface area contributed by atoms with Crippen LogP contribution in [0.25, 0.3) is 0 Å². The van der Waals surface area contributed by atoms with E-state index >= 15 is 0 Å². The van der Waals surface area contributed by atoms with Gasteiger partial charge in [-0.25, -0.2) is 0 Å². The van der Waals surface area contributed by atoms with Gasteiger partial charge in [0.15, 0.2) is 11.5 Å². The van der Waals surface area contributed by atoms with Crippen molar-refractivity contribution in [3.05, 3.63) is 48.0 Å². The van der Waals surface area contributed by atoms with E-state index < -0.39 is 18.7 Å². The summed E-state index contributed by atoms with van der Waals surface area (Å²) in [7, 11) is 1.46. The van der Waals surface area contributed by atoms with E-state index in [1.54, 1.807) is 42.5 Å². The third-order valence-electron chi connectivity index (χ3n) is 3.40. The molecule has 28 heavy (non-hydrogen) atoms. The van der Waals surface area contributed by atoms with Crippen LogP contribution in [0.5, 0.6) is 17.2 Å². The monoisotopic (exact) mass is 394 g/mol. The lowest BCUT2D eigenvalue weighted by atomic mass is 10.2. The number of carbonyl (C=O) groups excluding carboxylic acids is 1. The maximum Gasteiger partial charge on any atom is 0.411 e. The third kappa shape index (κ3) is 6.81. The largest absolute Gasteiger partial charge is 0.493 e. The number of rotatable bonds is 8. The lowest BCUT2D eigenvalue weighted by Crippen LogP contribution is -2.20. The molecule has 0 saturated heterocycles. The number of nitrogens with one attached hydrogen (secondary N) is 1. The second kappa shape index (κ2) is 9.62. The molecule has 1 N–H and O–H groups in total. The number of amides is 1. The van der Waals surface area contributed by atoms with Gasteiger partial charge in [0.1, 0.15) is 12.4 Å². The lowest BCUT2D eigenvalue weighted by molar-refractivity contribution is -0.174. The number of nitrogens with zero attached hydrogens (tertiary/aromatic N) is 1. The summed E-state index contributed by atoms with van der Waals surface area (Å²) in [5.74, 6) is 0.814. The molecule has 0 atom stereocenters. The number of carbonyl (C=O) groups is 1. The summed E-state index contributed by atoms with van der Waals surface area (Å²) >= 11 is 0. The molecule has 0 unspecified atom stereocenters. The Morgan fingerprint density at radius 2 is 1.86 bits per heavy atom. The molecule has 0 aromatic heterocycles. The second-order valence-corrected chi connectivity index (χ2v) is 5.57. The molecule has 1 amide bonds. The zero-order chi connectivity index (χ0) is 20.6. The van der Waals surface area contributed by atoms with E-state index in [1.165, 1.54) is 7.11 Å². The van der Waals surface area contributed by atoms with Crippen LogP contribution in [0.15, 0.2) is 42.5 Å². The van der Waals surface area contributed by atoms with E-state index in [0.717, 1.165) is 0 Å². The Bertz CT molecular complexity index is 846. The Morgan fingerprint density at radius 1 is 1.14 bits per heavy atom. The quantitative estimate of drug-likeness (QED) is 0.677. The maximum atomic E-state index is 11.9. The van der Waals surface area contributed by atoms with Gasteiger partial charge in [-0.3, -0.25) is 4.79 Å². The van der Waals surface area contributed by atoms with Crippen molar-refractivity contribution in [2.24, 2.45) is 0 Å². The molecule has 0 fully saturated rings. The summed E-state index contributed by atoms with van der Waals surface area (Å²) < 4.78 is 51.1. The molecule has 0 saturated carbocycles. The Hall–Kier alpha value is -3.25. The first-order valence-corrected chi connectivity index (χ1v) is 8.11. The summed E-state index contributed by atoms with van der Waals surface area (Å²) in [6.07, 6.45) is -4.61. The predicted molar refractivity (Wildman–Crippen MR) is 94.3 cm³/mol. The molecule has 0 heterocycles. The molecule has 2 rings (SSSR count). The topological polar surface area (TPSA) is 80.6 Å². The van der Waals surface area contributed by atoms with Crippen molar-refractivity contribution in [2.45, 2.75) is 12.6 Å². The van der Waals surface area contributed by atoms with E-state index in [0.29, 0.717) is 28.5 Å². The van der Waals surface area contributed by atoms with E-state index in [2.05, 4.69) is 10.1 Å². The average molecular weight is 394 g/mol. The third-order valence-corrected chi connectivity index (χ3v) is 3.40. The summed E-state index contributed by atoms with van der Waals surface area (Å²) in [6.45, 7) is -1.71. The van der Waals surface area contributed by atoms with Gasteiger partial charge < -0.3 is 19.5 Å². The van der Waals surface area contributed by atoms with E-state index in [-0.39, 0.29) is 13.0 Å². The number of nitriles is 1. The van der Waals surface area contributed by atoms with Gasteiger partial charge in [-0.05, 0) is 36.4 Å². The molecular formula is C19H17F3N2O4. The first kappa shape index (κ1) is 21.1. The molecular weight excluding hydrogens is 377 g/mol. The van der Waals surface area contributed by atoms with Crippen molar-refractivity contribution >= 4 is 11.6 Å². The number of ether oxygens (including phenoxy) is 3. The molecule has 0 aliphatic carbocycles. The molecule has 0 radical (unpaired) electrons. The zero-order valence-electron chi connectivity index (χ0n) is 14.9. The number of anilines is 1. The minimum Gasteiger partial charge on any atom is -0.493 e. The average Bonchev–Trinajstić information content (AvgIpc) is 2.66. The molecule has 0 aliphatic rings.